The van der Waals surface area contributed by atoms with Crippen molar-refractivity contribution in [2.75, 3.05) is 6.54 Å². The first-order valence-corrected chi connectivity index (χ1v) is 7.44. The van der Waals surface area contributed by atoms with E-state index in [-0.39, 0.29) is 5.41 Å². The lowest BCUT2D eigenvalue weighted by Gasteiger charge is -2.14. The summed E-state index contributed by atoms with van der Waals surface area (Å²) in [4.78, 5) is 2.84. The molecule has 100 valence electrons. The summed E-state index contributed by atoms with van der Waals surface area (Å²) in [6, 6.07) is 4.62. The van der Waals surface area contributed by atoms with E-state index in [0.717, 1.165) is 32.4 Å². The van der Waals surface area contributed by atoms with Crippen LogP contribution in [-0.4, -0.2) is 6.54 Å². The van der Waals surface area contributed by atoms with Crippen molar-refractivity contribution in [1.29, 1.82) is 5.26 Å². The molecule has 1 rings (SSSR count). The molecule has 3 heteroatoms. The maximum Gasteiger partial charge on any atom is 0.0683 e. The minimum absolute atomic E-state index is 0.165. The summed E-state index contributed by atoms with van der Waals surface area (Å²) < 4.78 is 0. The number of hydrogen-bond donors (Lipinski definition) is 1. The lowest BCUT2D eigenvalue weighted by atomic mass is 9.89. The van der Waals surface area contributed by atoms with E-state index in [4.69, 9.17) is 5.26 Å². The molecule has 18 heavy (non-hydrogen) atoms. The second kappa shape index (κ2) is 6.92. The van der Waals surface area contributed by atoms with Crippen LogP contribution in [0.1, 0.15) is 48.4 Å². The van der Waals surface area contributed by atoms with Crippen LogP contribution in [0.4, 0.5) is 0 Å². The van der Waals surface area contributed by atoms with Crippen molar-refractivity contribution in [2.45, 2.75) is 53.5 Å². The van der Waals surface area contributed by atoms with Gasteiger partial charge in [0.2, 0.25) is 0 Å². The Kier molecular flexibility index (Phi) is 5.84. The van der Waals surface area contributed by atoms with Crippen LogP contribution in [0.5, 0.6) is 0 Å². The van der Waals surface area contributed by atoms with E-state index in [1.165, 1.54) is 15.3 Å². The van der Waals surface area contributed by atoms with Crippen LogP contribution in [0.2, 0.25) is 0 Å². The van der Waals surface area contributed by atoms with Gasteiger partial charge < -0.3 is 5.32 Å². The average molecular weight is 264 g/mol. The number of nitrogens with one attached hydrogen (secondary N) is 1. The highest BCUT2D eigenvalue weighted by molar-refractivity contribution is 7.12. The second-order valence-electron chi connectivity index (χ2n) is 5.58. The number of thiophene rings is 1. The summed E-state index contributed by atoms with van der Waals surface area (Å²) in [5.41, 5.74) is 1.23. The van der Waals surface area contributed by atoms with Gasteiger partial charge in [-0.05, 0) is 58.7 Å². The van der Waals surface area contributed by atoms with Gasteiger partial charge >= 0.3 is 0 Å². The van der Waals surface area contributed by atoms with Crippen LogP contribution in [-0.2, 0) is 6.54 Å². The number of nitrogens with zero attached hydrogens (tertiary/aromatic N) is 1. The number of hydrogen-bond acceptors (Lipinski definition) is 3. The predicted molar refractivity (Wildman–Crippen MR) is 78.7 cm³/mol. The molecule has 0 unspecified atom stereocenters. The quantitative estimate of drug-likeness (QED) is 0.750. The molecular formula is C15H24N2S. The fraction of sp³-hybridized carbons (Fsp3) is 0.667. The molecule has 0 aliphatic heterocycles. The number of nitriles is 1. The molecule has 0 fully saturated rings. The Labute approximate surface area is 115 Å². The van der Waals surface area contributed by atoms with Crippen molar-refractivity contribution in [2.24, 2.45) is 5.41 Å². The molecule has 1 aromatic heterocycles. The third-order valence-electron chi connectivity index (χ3n) is 3.22. The van der Waals surface area contributed by atoms with Gasteiger partial charge in [0.25, 0.3) is 0 Å². The highest BCUT2D eigenvalue weighted by Gasteiger charge is 2.15. The van der Waals surface area contributed by atoms with Gasteiger partial charge in [0.05, 0.1) is 11.5 Å². The van der Waals surface area contributed by atoms with E-state index in [1.54, 1.807) is 0 Å². The zero-order valence-corrected chi connectivity index (χ0v) is 12.8. The van der Waals surface area contributed by atoms with Crippen molar-refractivity contribution < 1.29 is 0 Å². The monoisotopic (exact) mass is 264 g/mol. The minimum atomic E-state index is -0.165. The molecule has 0 aliphatic rings. The third kappa shape index (κ3) is 5.20. The lowest BCUT2D eigenvalue weighted by Crippen LogP contribution is -2.15. The molecule has 1 heterocycles. The molecule has 0 saturated carbocycles. The maximum atomic E-state index is 8.91. The predicted octanol–water partition coefficient (Wildman–Crippen LogP) is 4.17. The minimum Gasteiger partial charge on any atom is -0.312 e. The van der Waals surface area contributed by atoms with E-state index < -0.39 is 0 Å². The van der Waals surface area contributed by atoms with Crippen molar-refractivity contribution in [1.82, 2.24) is 5.32 Å². The molecule has 0 aromatic carbocycles. The first kappa shape index (κ1) is 15.2. The Bertz CT molecular complexity index is 393. The van der Waals surface area contributed by atoms with Crippen LogP contribution in [0.3, 0.4) is 0 Å². The Hall–Kier alpha value is -0.850. The zero-order valence-electron chi connectivity index (χ0n) is 12.0. The van der Waals surface area contributed by atoms with Crippen LogP contribution in [0.25, 0.3) is 0 Å². The normalized spacial score (nSPS) is 11.5. The second-order valence-corrected chi connectivity index (χ2v) is 6.92. The smallest absolute Gasteiger partial charge is 0.0683 e. The Morgan fingerprint density at radius 1 is 1.33 bits per heavy atom. The molecule has 0 aliphatic carbocycles. The van der Waals surface area contributed by atoms with Gasteiger partial charge in [-0.15, -0.1) is 11.3 Å². The highest BCUT2D eigenvalue weighted by atomic mass is 32.1. The van der Waals surface area contributed by atoms with Crippen LogP contribution in [0, 0.1) is 30.6 Å². The average Bonchev–Trinajstić information content (AvgIpc) is 2.63. The van der Waals surface area contributed by atoms with Crippen molar-refractivity contribution in [3.8, 4) is 6.07 Å². The highest BCUT2D eigenvalue weighted by Crippen LogP contribution is 2.22. The number of rotatable bonds is 7. The molecule has 1 N–H and O–H groups in total. The third-order valence-corrected chi connectivity index (χ3v) is 4.38. The van der Waals surface area contributed by atoms with E-state index in [1.807, 2.05) is 25.2 Å². The van der Waals surface area contributed by atoms with E-state index >= 15 is 0 Å². The number of aryl methyl sites for hydroxylation is 2. The molecular weight excluding hydrogens is 240 g/mol. The zero-order chi connectivity index (χ0) is 13.6. The van der Waals surface area contributed by atoms with E-state index in [9.17, 15) is 0 Å². The Morgan fingerprint density at radius 3 is 2.61 bits per heavy atom. The van der Waals surface area contributed by atoms with Crippen molar-refractivity contribution in [3.05, 3.63) is 21.4 Å². The maximum absolute atomic E-state index is 8.91. The molecule has 2 nitrogen and oxygen atoms in total. The Balaban J connectivity index is 2.11. The first-order valence-electron chi connectivity index (χ1n) is 6.62. The summed E-state index contributed by atoms with van der Waals surface area (Å²) in [5.74, 6) is 0. The van der Waals surface area contributed by atoms with Crippen molar-refractivity contribution >= 4 is 11.3 Å². The number of unbranched alkanes of at least 4 members (excludes halogenated alkanes) is 1. The van der Waals surface area contributed by atoms with Gasteiger partial charge in [0.15, 0.2) is 0 Å². The summed E-state index contributed by atoms with van der Waals surface area (Å²) in [6.45, 7) is 10.4. The van der Waals surface area contributed by atoms with Gasteiger partial charge in [0, 0.05) is 16.3 Å². The molecule has 0 radical (unpaired) electrons. The molecule has 1 aromatic rings. The van der Waals surface area contributed by atoms with E-state index in [2.05, 4.69) is 31.3 Å². The summed E-state index contributed by atoms with van der Waals surface area (Å²) in [6.07, 6.45) is 3.26. The van der Waals surface area contributed by atoms with Crippen LogP contribution >= 0.6 is 11.3 Å². The topological polar surface area (TPSA) is 35.8 Å². The molecule has 0 amide bonds. The van der Waals surface area contributed by atoms with Crippen LogP contribution < -0.4 is 5.32 Å². The molecule has 0 spiro atoms. The van der Waals surface area contributed by atoms with Gasteiger partial charge in [-0.2, -0.15) is 5.26 Å². The standard InChI is InChI=1S/C15H24N2S/c1-12-9-14(18-13(12)2)10-17-8-6-5-7-15(3,4)11-16/h9,17H,5-8,10H2,1-4H3. The van der Waals surface area contributed by atoms with Gasteiger partial charge in [-0.1, -0.05) is 6.42 Å². The van der Waals surface area contributed by atoms with Gasteiger partial charge in [-0.3, -0.25) is 0 Å². The van der Waals surface area contributed by atoms with E-state index in [0.29, 0.717) is 0 Å². The van der Waals surface area contributed by atoms with Gasteiger partial charge in [0.1, 0.15) is 0 Å². The fourth-order valence-corrected chi connectivity index (χ4v) is 2.84. The molecule has 0 bridgehead atoms. The SMILES string of the molecule is Cc1cc(CNCCCCC(C)(C)C#N)sc1C. The fourth-order valence-electron chi connectivity index (χ4n) is 1.82. The summed E-state index contributed by atoms with van der Waals surface area (Å²) in [5, 5.41) is 12.4. The largest absolute Gasteiger partial charge is 0.312 e. The first-order chi connectivity index (χ1) is 8.44. The lowest BCUT2D eigenvalue weighted by molar-refractivity contribution is 0.422. The van der Waals surface area contributed by atoms with Gasteiger partial charge in [-0.25, -0.2) is 0 Å². The molecule has 0 saturated heterocycles. The summed E-state index contributed by atoms with van der Waals surface area (Å²) >= 11 is 1.88. The summed E-state index contributed by atoms with van der Waals surface area (Å²) in [7, 11) is 0. The molecule has 0 atom stereocenters. The van der Waals surface area contributed by atoms with Crippen molar-refractivity contribution in [3.63, 3.8) is 0 Å². The van der Waals surface area contributed by atoms with Crippen LogP contribution in [0.15, 0.2) is 6.07 Å². The Morgan fingerprint density at radius 2 is 2.06 bits per heavy atom.